The maximum atomic E-state index is 4.51. The fourth-order valence-electron chi connectivity index (χ4n) is 1.72. The van der Waals surface area contributed by atoms with Crippen LogP contribution in [0.3, 0.4) is 0 Å². The first kappa shape index (κ1) is 13.0. The molecule has 0 unspecified atom stereocenters. The molecule has 94 valence electrons. The predicted octanol–water partition coefficient (Wildman–Crippen LogP) is 3.46. The van der Waals surface area contributed by atoms with Gasteiger partial charge in [0.2, 0.25) is 0 Å². The molecule has 0 radical (unpaired) electrons. The molecule has 1 aromatic carbocycles. The van der Waals surface area contributed by atoms with E-state index in [0.717, 1.165) is 35.5 Å². The molecular weight excluding hydrogens is 290 g/mol. The molecule has 0 aliphatic carbocycles. The lowest BCUT2D eigenvalue weighted by Gasteiger charge is -2.07. The van der Waals surface area contributed by atoms with Gasteiger partial charge in [-0.3, -0.25) is 0 Å². The highest BCUT2D eigenvalue weighted by atomic mass is 79.9. The van der Waals surface area contributed by atoms with E-state index in [4.69, 9.17) is 0 Å². The van der Waals surface area contributed by atoms with Gasteiger partial charge < -0.3 is 5.32 Å². The molecule has 3 nitrogen and oxygen atoms in total. The molecule has 2 aromatic rings. The number of halogens is 1. The lowest BCUT2D eigenvalue weighted by atomic mass is 10.1. The lowest BCUT2D eigenvalue weighted by molar-refractivity contribution is 0.855. The Morgan fingerprint density at radius 2 is 1.94 bits per heavy atom. The standard InChI is InChI=1S/C14H16BrN3/c1-2-16-14-12(15)10-17-13(18-14)9-8-11-6-4-3-5-7-11/h3-7,10H,2,8-9H2,1H3,(H,16,17,18). The van der Waals surface area contributed by atoms with Crippen LogP contribution in [0.15, 0.2) is 41.0 Å². The fraction of sp³-hybridized carbons (Fsp3) is 0.286. The molecule has 4 heteroatoms. The first-order valence-electron chi connectivity index (χ1n) is 6.09. The number of hydrogen-bond acceptors (Lipinski definition) is 3. The summed E-state index contributed by atoms with van der Waals surface area (Å²) in [6.45, 7) is 2.91. The summed E-state index contributed by atoms with van der Waals surface area (Å²) in [5.74, 6) is 1.74. The molecule has 0 atom stereocenters. The van der Waals surface area contributed by atoms with Crippen molar-refractivity contribution in [3.05, 3.63) is 52.4 Å². The highest BCUT2D eigenvalue weighted by Crippen LogP contribution is 2.18. The summed E-state index contributed by atoms with van der Waals surface area (Å²) in [5.41, 5.74) is 1.31. The van der Waals surface area contributed by atoms with Gasteiger partial charge in [0.25, 0.3) is 0 Å². The minimum atomic E-state index is 0.855. The highest BCUT2D eigenvalue weighted by Gasteiger charge is 2.04. The van der Waals surface area contributed by atoms with Crippen molar-refractivity contribution in [1.29, 1.82) is 0 Å². The van der Waals surface area contributed by atoms with Crippen LogP contribution in [0.5, 0.6) is 0 Å². The Bertz CT molecular complexity index is 500. The normalized spacial score (nSPS) is 10.3. The molecule has 1 heterocycles. The average molecular weight is 306 g/mol. The Morgan fingerprint density at radius 3 is 2.67 bits per heavy atom. The van der Waals surface area contributed by atoms with Crippen LogP contribution in [-0.4, -0.2) is 16.5 Å². The molecule has 0 saturated heterocycles. The van der Waals surface area contributed by atoms with Crippen LogP contribution in [0, 0.1) is 0 Å². The summed E-state index contributed by atoms with van der Waals surface area (Å²) in [4.78, 5) is 8.85. The first-order chi connectivity index (χ1) is 8.79. The Balaban J connectivity index is 2.03. The van der Waals surface area contributed by atoms with Crippen LogP contribution in [0.2, 0.25) is 0 Å². The Kier molecular flexibility index (Phi) is 4.70. The van der Waals surface area contributed by atoms with Gasteiger partial charge in [0.1, 0.15) is 11.6 Å². The molecule has 0 spiro atoms. The molecule has 0 amide bonds. The second-order valence-corrected chi connectivity index (χ2v) is 4.85. The van der Waals surface area contributed by atoms with Gasteiger partial charge in [-0.2, -0.15) is 0 Å². The summed E-state index contributed by atoms with van der Waals surface area (Å²) in [7, 11) is 0. The van der Waals surface area contributed by atoms with Crippen molar-refractivity contribution >= 4 is 21.7 Å². The second kappa shape index (κ2) is 6.50. The van der Waals surface area contributed by atoms with Crippen molar-refractivity contribution in [3.63, 3.8) is 0 Å². The number of anilines is 1. The number of hydrogen-bond donors (Lipinski definition) is 1. The van der Waals surface area contributed by atoms with E-state index in [9.17, 15) is 0 Å². The summed E-state index contributed by atoms with van der Waals surface area (Å²) in [6.07, 6.45) is 3.63. The minimum absolute atomic E-state index is 0.855. The summed E-state index contributed by atoms with van der Waals surface area (Å²) in [5, 5.41) is 3.22. The smallest absolute Gasteiger partial charge is 0.144 e. The predicted molar refractivity (Wildman–Crippen MR) is 77.7 cm³/mol. The third kappa shape index (κ3) is 3.53. The molecule has 1 N–H and O–H groups in total. The van der Waals surface area contributed by atoms with Gasteiger partial charge in [0.05, 0.1) is 4.47 Å². The molecular formula is C14H16BrN3. The summed E-state index contributed by atoms with van der Waals surface area (Å²) in [6, 6.07) is 10.4. The number of rotatable bonds is 5. The zero-order valence-corrected chi connectivity index (χ0v) is 11.9. The van der Waals surface area contributed by atoms with Crippen LogP contribution < -0.4 is 5.32 Å². The quantitative estimate of drug-likeness (QED) is 0.919. The molecule has 1 aromatic heterocycles. The minimum Gasteiger partial charge on any atom is -0.369 e. The monoisotopic (exact) mass is 305 g/mol. The van der Waals surface area contributed by atoms with Crippen LogP contribution in [-0.2, 0) is 12.8 Å². The van der Waals surface area contributed by atoms with Crippen molar-refractivity contribution < 1.29 is 0 Å². The zero-order chi connectivity index (χ0) is 12.8. The van der Waals surface area contributed by atoms with E-state index in [-0.39, 0.29) is 0 Å². The lowest BCUT2D eigenvalue weighted by Crippen LogP contribution is -2.05. The number of aryl methyl sites for hydroxylation is 2. The maximum Gasteiger partial charge on any atom is 0.144 e. The van der Waals surface area contributed by atoms with E-state index in [0.29, 0.717) is 0 Å². The molecule has 18 heavy (non-hydrogen) atoms. The van der Waals surface area contributed by atoms with Crippen molar-refractivity contribution in [1.82, 2.24) is 9.97 Å². The third-order valence-corrected chi connectivity index (χ3v) is 3.20. The number of nitrogens with one attached hydrogen (secondary N) is 1. The third-order valence-electron chi connectivity index (χ3n) is 2.62. The van der Waals surface area contributed by atoms with E-state index in [1.54, 1.807) is 0 Å². The summed E-state index contributed by atoms with van der Waals surface area (Å²) < 4.78 is 0.910. The molecule has 0 aliphatic heterocycles. The van der Waals surface area contributed by atoms with Crippen LogP contribution >= 0.6 is 15.9 Å². The van der Waals surface area contributed by atoms with Gasteiger partial charge >= 0.3 is 0 Å². The Hall–Kier alpha value is -1.42. The average Bonchev–Trinajstić information content (AvgIpc) is 2.41. The van der Waals surface area contributed by atoms with E-state index in [2.05, 4.69) is 62.4 Å². The fourth-order valence-corrected chi connectivity index (χ4v) is 2.05. The highest BCUT2D eigenvalue weighted by molar-refractivity contribution is 9.10. The van der Waals surface area contributed by atoms with E-state index in [1.165, 1.54) is 5.56 Å². The first-order valence-corrected chi connectivity index (χ1v) is 6.88. The molecule has 0 saturated carbocycles. The SMILES string of the molecule is CCNc1nc(CCc2ccccc2)ncc1Br. The van der Waals surface area contributed by atoms with Crippen LogP contribution in [0.4, 0.5) is 5.82 Å². The molecule has 0 aliphatic rings. The van der Waals surface area contributed by atoms with E-state index < -0.39 is 0 Å². The van der Waals surface area contributed by atoms with Gasteiger partial charge in [-0.1, -0.05) is 30.3 Å². The molecule has 0 bridgehead atoms. The maximum absolute atomic E-state index is 4.51. The van der Waals surface area contributed by atoms with Gasteiger partial charge in [-0.05, 0) is 34.8 Å². The largest absolute Gasteiger partial charge is 0.369 e. The van der Waals surface area contributed by atoms with E-state index >= 15 is 0 Å². The van der Waals surface area contributed by atoms with Crippen molar-refractivity contribution in [2.75, 3.05) is 11.9 Å². The zero-order valence-electron chi connectivity index (χ0n) is 10.4. The van der Waals surface area contributed by atoms with Crippen LogP contribution in [0.25, 0.3) is 0 Å². The van der Waals surface area contributed by atoms with Gasteiger partial charge in [-0.25, -0.2) is 9.97 Å². The van der Waals surface area contributed by atoms with Crippen molar-refractivity contribution in [3.8, 4) is 0 Å². The van der Waals surface area contributed by atoms with Crippen molar-refractivity contribution in [2.24, 2.45) is 0 Å². The Morgan fingerprint density at radius 1 is 1.17 bits per heavy atom. The van der Waals surface area contributed by atoms with Gasteiger partial charge in [0, 0.05) is 19.2 Å². The topological polar surface area (TPSA) is 37.8 Å². The van der Waals surface area contributed by atoms with Gasteiger partial charge in [0.15, 0.2) is 0 Å². The molecule has 2 rings (SSSR count). The summed E-state index contributed by atoms with van der Waals surface area (Å²) >= 11 is 3.44. The number of benzene rings is 1. The van der Waals surface area contributed by atoms with Crippen LogP contribution in [0.1, 0.15) is 18.3 Å². The van der Waals surface area contributed by atoms with Gasteiger partial charge in [-0.15, -0.1) is 0 Å². The Labute approximate surface area is 116 Å². The second-order valence-electron chi connectivity index (χ2n) is 4.00. The molecule has 0 fully saturated rings. The number of nitrogens with zero attached hydrogens (tertiary/aromatic N) is 2. The van der Waals surface area contributed by atoms with E-state index in [1.807, 2.05) is 12.3 Å². The van der Waals surface area contributed by atoms with Crippen molar-refractivity contribution in [2.45, 2.75) is 19.8 Å². The number of aromatic nitrogens is 2.